The van der Waals surface area contributed by atoms with Crippen molar-refractivity contribution in [3.8, 4) is 17.2 Å². The summed E-state index contributed by atoms with van der Waals surface area (Å²) in [7, 11) is 1.55. The summed E-state index contributed by atoms with van der Waals surface area (Å²) in [5, 5.41) is 3.38. The highest BCUT2D eigenvalue weighted by Crippen LogP contribution is 2.33. The molecule has 1 fully saturated rings. The number of hydrogen-bond acceptors (Lipinski definition) is 6. The van der Waals surface area contributed by atoms with Gasteiger partial charge in [0.25, 0.3) is 5.91 Å². The minimum Gasteiger partial charge on any atom is -0.493 e. The van der Waals surface area contributed by atoms with Gasteiger partial charge in [-0.15, -0.1) is 0 Å². The van der Waals surface area contributed by atoms with E-state index in [1.165, 1.54) is 11.8 Å². The monoisotopic (exact) mass is 455 g/mol. The predicted octanol–water partition coefficient (Wildman–Crippen LogP) is 4.95. The van der Waals surface area contributed by atoms with Gasteiger partial charge in [-0.2, -0.15) is 0 Å². The average molecular weight is 456 g/mol. The van der Waals surface area contributed by atoms with Crippen molar-refractivity contribution in [1.29, 1.82) is 0 Å². The van der Waals surface area contributed by atoms with Crippen LogP contribution in [0.3, 0.4) is 0 Å². The van der Waals surface area contributed by atoms with Crippen molar-refractivity contribution in [2.24, 2.45) is 0 Å². The van der Waals surface area contributed by atoms with Gasteiger partial charge in [-0.3, -0.25) is 4.79 Å². The molecule has 1 aliphatic heterocycles. The normalized spacial score (nSPS) is 14.9. The fourth-order valence-corrected chi connectivity index (χ4v) is 3.75. The Morgan fingerprint density at radius 2 is 1.86 bits per heavy atom. The molecule has 0 aliphatic carbocycles. The Morgan fingerprint density at radius 1 is 1.11 bits per heavy atom. The standard InChI is InChI=1S/C19H15Cl2NO4S2/c1-24-15-9-11(10-16-18(23)22-19(27)28-16)5-6-13(15)25-7-8-26-14-4-2-3-12(20)17(14)21/h2-6,9-10H,7-8H2,1H3,(H,22,23,27)/b16-10-. The Bertz CT molecular complexity index is 950. The minimum absolute atomic E-state index is 0.203. The van der Waals surface area contributed by atoms with Crippen LogP contribution >= 0.6 is 47.2 Å². The van der Waals surface area contributed by atoms with Crippen molar-refractivity contribution in [3.63, 3.8) is 0 Å². The van der Waals surface area contributed by atoms with Crippen molar-refractivity contribution >= 4 is 63.5 Å². The molecule has 0 aromatic heterocycles. The summed E-state index contributed by atoms with van der Waals surface area (Å²) in [5.41, 5.74) is 0.800. The zero-order chi connectivity index (χ0) is 20.1. The van der Waals surface area contributed by atoms with Gasteiger partial charge in [0.05, 0.1) is 17.0 Å². The zero-order valence-electron chi connectivity index (χ0n) is 14.7. The van der Waals surface area contributed by atoms with E-state index in [2.05, 4.69) is 5.32 Å². The molecule has 2 aromatic carbocycles. The van der Waals surface area contributed by atoms with Gasteiger partial charge < -0.3 is 19.5 Å². The molecule has 1 N–H and O–H groups in total. The maximum atomic E-state index is 11.8. The van der Waals surface area contributed by atoms with Gasteiger partial charge in [0, 0.05) is 0 Å². The minimum atomic E-state index is -0.203. The summed E-state index contributed by atoms with van der Waals surface area (Å²) in [6.07, 6.45) is 1.75. The lowest BCUT2D eigenvalue weighted by Crippen LogP contribution is -2.17. The van der Waals surface area contributed by atoms with Crippen LogP contribution in [0.5, 0.6) is 17.2 Å². The number of benzene rings is 2. The second-order valence-corrected chi connectivity index (χ2v) is 8.02. The molecule has 1 heterocycles. The topological polar surface area (TPSA) is 56.8 Å². The van der Waals surface area contributed by atoms with Gasteiger partial charge in [0.15, 0.2) is 11.5 Å². The number of rotatable bonds is 7. The van der Waals surface area contributed by atoms with E-state index in [1.807, 2.05) is 6.07 Å². The van der Waals surface area contributed by atoms with E-state index < -0.39 is 0 Å². The number of halogens is 2. The van der Waals surface area contributed by atoms with E-state index >= 15 is 0 Å². The van der Waals surface area contributed by atoms with Crippen LogP contribution in [0.1, 0.15) is 5.56 Å². The van der Waals surface area contributed by atoms with Crippen molar-refractivity contribution in [2.75, 3.05) is 20.3 Å². The molecule has 1 aliphatic rings. The van der Waals surface area contributed by atoms with E-state index in [-0.39, 0.29) is 19.1 Å². The molecule has 0 bridgehead atoms. The first-order chi connectivity index (χ1) is 13.5. The van der Waals surface area contributed by atoms with Gasteiger partial charge in [0.2, 0.25) is 0 Å². The number of methoxy groups -OCH3 is 1. The quantitative estimate of drug-likeness (QED) is 0.362. The number of thioether (sulfide) groups is 1. The maximum absolute atomic E-state index is 11.8. The first-order valence-corrected chi connectivity index (χ1v) is 10.1. The van der Waals surface area contributed by atoms with E-state index in [4.69, 9.17) is 49.6 Å². The number of amides is 1. The van der Waals surface area contributed by atoms with Gasteiger partial charge in [0.1, 0.15) is 28.3 Å². The second-order valence-electron chi connectivity index (χ2n) is 5.51. The van der Waals surface area contributed by atoms with Crippen LogP contribution in [0.15, 0.2) is 41.3 Å². The van der Waals surface area contributed by atoms with E-state index in [0.717, 1.165) is 5.56 Å². The Balaban J connectivity index is 1.61. The number of thiocarbonyl (C=S) groups is 1. The molecule has 2 aromatic rings. The van der Waals surface area contributed by atoms with Crippen molar-refractivity contribution in [3.05, 3.63) is 56.9 Å². The first kappa shape index (κ1) is 20.8. The average Bonchev–Trinajstić information content (AvgIpc) is 2.99. The second kappa shape index (κ2) is 9.52. The smallest absolute Gasteiger partial charge is 0.263 e. The van der Waals surface area contributed by atoms with Gasteiger partial charge in [-0.1, -0.05) is 59.3 Å². The molecule has 0 radical (unpaired) electrons. The van der Waals surface area contributed by atoms with Gasteiger partial charge in [-0.25, -0.2) is 0 Å². The molecular weight excluding hydrogens is 441 g/mol. The highest BCUT2D eigenvalue weighted by molar-refractivity contribution is 8.26. The van der Waals surface area contributed by atoms with Crippen LogP contribution in [0, 0.1) is 0 Å². The van der Waals surface area contributed by atoms with Crippen LogP contribution < -0.4 is 19.5 Å². The molecule has 1 saturated heterocycles. The molecule has 0 spiro atoms. The molecular formula is C19H15Cl2NO4S2. The van der Waals surface area contributed by atoms with Crippen LogP contribution in [0.25, 0.3) is 6.08 Å². The molecule has 146 valence electrons. The van der Waals surface area contributed by atoms with Gasteiger partial charge >= 0.3 is 0 Å². The van der Waals surface area contributed by atoms with Crippen LogP contribution in [0.2, 0.25) is 10.0 Å². The Hall–Kier alpha value is -1.93. The van der Waals surface area contributed by atoms with E-state index in [0.29, 0.717) is 36.5 Å². The lowest BCUT2D eigenvalue weighted by molar-refractivity contribution is -0.115. The van der Waals surface area contributed by atoms with Crippen LogP contribution in [-0.4, -0.2) is 30.6 Å². The van der Waals surface area contributed by atoms with Crippen molar-refractivity contribution in [2.45, 2.75) is 0 Å². The Morgan fingerprint density at radius 3 is 2.54 bits per heavy atom. The SMILES string of the molecule is COc1cc(/C=C2\SC(=S)NC2=O)ccc1OCCOc1cccc(Cl)c1Cl. The number of hydrogen-bond donors (Lipinski definition) is 1. The Kier molecular flexibility index (Phi) is 7.07. The predicted molar refractivity (Wildman–Crippen MR) is 117 cm³/mol. The summed E-state index contributed by atoms with van der Waals surface area (Å²) in [6.45, 7) is 0.565. The highest BCUT2D eigenvalue weighted by atomic mass is 35.5. The van der Waals surface area contributed by atoms with Crippen LogP contribution in [0.4, 0.5) is 0 Å². The Labute approximate surface area is 181 Å². The third-order valence-electron chi connectivity index (χ3n) is 3.64. The molecule has 28 heavy (non-hydrogen) atoms. The number of carbonyl (C=O) groups excluding carboxylic acids is 1. The summed E-state index contributed by atoms with van der Waals surface area (Å²) in [4.78, 5) is 12.3. The fraction of sp³-hybridized carbons (Fsp3) is 0.158. The first-order valence-electron chi connectivity index (χ1n) is 8.10. The van der Waals surface area contributed by atoms with E-state index in [9.17, 15) is 4.79 Å². The summed E-state index contributed by atoms with van der Waals surface area (Å²) in [6, 6.07) is 10.6. The van der Waals surface area contributed by atoms with Crippen molar-refractivity contribution in [1.82, 2.24) is 5.32 Å². The highest BCUT2D eigenvalue weighted by Gasteiger charge is 2.22. The summed E-state index contributed by atoms with van der Waals surface area (Å²) in [5.74, 6) is 1.40. The molecule has 0 unspecified atom stereocenters. The number of carbonyl (C=O) groups is 1. The molecule has 3 rings (SSSR count). The summed E-state index contributed by atoms with van der Waals surface area (Å²) < 4.78 is 17.2. The molecule has 5 nitrogen and oxygen atoms in total. The lowest BCUT2D eigenvalue weighted by Gasteiger charge is -2.13. The molecule has 0 atom stereocenters. The number of nitrogens with one attached hydrogen (secondary N) is 1. The molecule has 0 saturated carbocycles. The summed E-state index contributed by atoms with van der Waals surface area (Å²) >= 11 is 18.3. The van der Waals surface area contributed by atoms with Crippen LogP contribution in [-0.2, 0) is 4.79 Å². The lowest BCUT2D eigenvalue weighted by atomic mass is 10.2. The van der Waals surface area contributed by atoms with Crippen molar-refractivity contribution < 1.29 is 19.0 Å². The zero-order valence-corrected chi connectivity index (χ0v) is 17.8. The van der Waals surface area contributed by atoms with Gasteiger partial charge in [-0.05, 0) is 35.9 Å². The third-order valence-corrected chi connectivity index (χ3v) is 5.61. The largest absolute Gasteiger partial charge is 0.493 e. The maximum Gasteiger partial charge on any atom is 0.263 e. The molecule has 1 amide bonds. The van der Waals surface area contributed by atoms with E-state index in [1.54, 1.807) is 43.5 Å². The third kappa shape index (κ3) is 5.11. The fourth-order valence-electron chi connectivity index (χ4n) is 2.36. The number of ether oxygens (including phenoxy) is 3. The molecule has 9 heteroatoms.